The number of carbonyl (C=O) groups is 1. The van der Waals surface area contributed by atoms with Gasteiger partial charge in [0.1, 0.15) is 5.76 Å². The van der Waals surface area contributed by atoms with Gasteiger partial charge in [0.25, 0.3) is 0 Å². The maximum atomic E-state index is 11.2. The van der Waals surface area contributed by atoms with E-state index in [1.807, 2.05) is 0 Å². The van der Waals surface area contributed by atoms with E-state index in [-0.39, 0.29) is 11.6 Å². The lowest BCUT2D eigenvalue weighted by Crippen LogP contribution is -2.07. The van der Waals surface area contributed by atoms with Crippen molar-refractivity contribution in [2.24, 2.45) is 0 Å². The third-order valence-electron chi connectivity index (χ3n) is 1.59. The average molecular weight is 204 g/mol. The van der Waals surface area contributed by atoms with E-state index in [1.54, 1.807) is 13.8 Å². The van der Waals surface area contributed by atoms with Gasteiger partial charge >= 0.3 is 5.97 Å². The van der Waals surface area contributed by atoms with E-state index in [0.29, 0.717) is 17.9 Å². The van der Waals surface area contributed by atoms with Crippen LogP contribution in [0, 0.1) is 6.92 Å². The third kappa shape index (κ3) is 2.01. The normalized spacial score (nSPS) is 10.1. The van der Waals surface area contributed by atoms with E-state index in [2.05, 4.69) is 5.16 Å². The Labute approximate surface area is 80.8 Å². The molecule has 0 spiro atoms. The summed E-state index contributed by atoms with van der Waals surface area (Å²) in [5, 5.41) is 3.57. The van der Waals surface area contributed by atoms with E-state index < -0.39 is 5.97 Å². The lowest BCUT2D eigenvalue weighted by molar-refractivity contribution is 0.0513. The molecule has 0 aromatic carbocycles. The number of ether oxygens (including phenoxy) is 1. The molecular weight excluding hydrogens is 194 g/mol. The standard InChI is InChI=1S/C8H10ClNO3/c1-3-12-8(11)7-6(4-9)5(2)13-10-7/h3-4H2,1-2H3. The number of hydrogen-bond acceptors (Lipinski definition) is 4. The SMILES string of the molecule is CCOC(=O)c1noc(C)c1CCl. The molecule has 0 radical (unpaired) electrons. The molecule has 0 unspecified atom stereocenters. The molecule has 0 aliphatic rings. The molecule has 0 saturated heterocycles. The van der Waals surface area contributed by atoms with Gasteiger partial charge in [-0.15, -0.1) is 11.6 Å². The highest BCUT2D eigenvalue weighted by molar-refractivity contribution is 6.17. The van der Waals surface area contributed by atoms with Gasteiger partial charge in [0.15, 0.2) is 5.69 Å². The van der Waals surface area contributed by atoms with Crippen LogP contribution in [0.25, 0.3) is 0 Å². The topological polar surface area (TPSA) is 52.3 Å². The first-order valence-corrected chi connectivity index (χ1v) is 4.42. The van der Waals surface area contributed by atoms with Crippen LogP contribution in [0.1, 0.15) is 28.7 Å². The maximum absolute atomic E-state index is 11.2. The van der Waals surface area contributed by atoms with Crippen LogP contribution in [0.4, 0.5) is 0 Å². The molecule has 0 aliphatic heterocycles. The molecule has 0 bridgehead atoms. The second-order valence-electron chi connectivity index (χ2n) is 2.42. The predicted octanol–water partition coefficient (Wildman–Crippen LogP) is 1.90. The van der Waals surface area contributed by atoms with Crippen LogP contribution in [0.2, 0.25) is 0 Å². The third-order valence-corrected chi connectivity index (χ3v) is 1.85. The average Bonchev–Trinajstić information content (AvgIpc) is 2.47. The fourth-order valence-electron chi connectivity index (χ4n) is 0.908. The summed E-state index contributed by atoms with van der Waals surface area (Å²) in [5.74, 6) is 0.261. The Morgan fingerprint density at radius 1 is 1.69 bits per heavy atom. The Kier molecular flexibility index (Phi) is 3.31. The monoisotopic (exact) mass is 203 g/mol. The second-order valence-corrected chi connectivity index (χ2v) is 2.69. The van der Waals surface area contributed by atoms with E-state index in [1.165, 1.54) is 0 Å². The smallest absolute Gasteiger partial charge is 0.360 e. The van der Waals surface area contributed by atoms with E-state index in [4.69, 9.17) is 20.9 Å². The molecule has 0 saturated carbocycles. The van der Waals surface area contributed by atoms with E-state index >= 15 is 0 Å². The van der Waals surface area contributed by atoms with Crippen molar-refractivity contribution >= 4 is 17.6 Å². The summed E-state index contributed by atoms with van der Waals surface area (Å²) >= 11 is 5.62. The number of alkyl halides is 1. The number of halogens is 1. The van der Waals surface area contributed by atoms with Gasteiger partial charge in [0.2, 0.25) is 0 Å². The van der Waals surface area contributed by atoms with E-state index in [0.717, 1.165) is 0 Å². The summed E-state index contributed by atoms with van der Waals surface area (Å²) in [5.41, 5.74) is 0.773. The first kappa shape index (κ1) is 10.1. The highest BCUT2D eigenvalue weighted by Gasteiger charge is 2.19. The van der Waals surface area contributed by atoms with Crippen molar-refractivity contribution < 1.29 is 14.1 Å². The van der Waals surface area contributed by atoms with Gasteiger partial charge in [-0.25, -0.2) is 4.79 Å². The number of rotatable bonds is 3. The molecule has 0 fully saturated rings. The van der Waals surface area contributed by atoms with Crippen molar-refractivity contribution in [3.63, 3.8) is 0 Å². The van der Waals surface area contributed by atoms with Gasteiger partial charge in [0, 0.05) is 5.56 Å². The van der Waals surface area contributed by atoms with Crippen LogP contribution < -0.4 is 0 Å². The van der Waals surface area contributed by atoms with Gasteiger partial charge in [-0.2, -0.15) is 0 Å². The molecule has 0 N–H and O–H groups in total. The Bertz CT molecular complexity index is 308. The lowest BCUT2D eigenvalue weighted by atomic mass is 10.2. The predicted molar refractivity (Wildman–Crippen MR) is 46.8 cm³/mol. The number of nitrogens with zero attached hydrogens (tertiary/aromatic N) is 1. The summed E-state index contributed by atoms with van der Waals surface area (Å²) < 4.78 is 9.58. The van der Waals surface area contributed by atoms with Crippen molar-refractivity contribution in [3.8, 4) is 0 Å². The van der Waals surface area contributed by atoms with Crippen LogP contribution in [0.5, 0.6) is 0 Å². The van der Waals surface area contributed by atoms with Gasteiger partial charge in [-0.05, 0) is 13.8 Å². The lowest BCUT2D eigenvalue weighted by Gasteiger charge is -1.98. The van der Waals surface area contributed by atoms with Crippen LogP contribution in [-0.2, 0) is 10.6 Å². The second kappa shape index (κ2) is 4.28. The molecule has 0 atom stereocenters. The fourth-order valence-corrected chi connectivity index (χ4v) is 1.22. The zero-order valence-corrected chi connectivity index (χ0v) is 8.22. The van der Waals surface area contributed by atoms with E-state index in [9.17, 15) is 4.79 Å². The minimum atomic E-state index is -0.491. The molecule has 5 heteroatoms. The Balaban J connectivity index is 2.93. The molecule has 1 rings (SSSR count). The Morgan fingerprint density at radius 2 is 2.38 bits per heavy atom. The minimum absolute atomic E-state index is 0.175. The van der Waals surface area contributed by atoms with Gasteiger partial charge in [-0.1, -0.05) is 5.16 Å². The first-order valence-electron chi connectivity index (χ1n) is 3.89. The van der Waals surface area contributed by atoms with Crippen molar-refractivity contribution in [1.29, 1.82) is 0 Å². The molecule has 0 aliphatic carbocycles. The van der Waals surface area contributed by atoms with Gasteiger partial charge < -0.3 is 9.26 Å². The number of aryl methyl sites for hydroxylation is 1. The van der Waals surface area contributed by atoms with Gasteiger partial charge in [0.05, 0.1) is 12.5 Å². The fraction of sp³-hybridized carbons (Fsp3) is 0.500. The molecule has 4 nitrogen and oxygen atoms in total. The molecule has 72 valence electrons. The van der Waals surface area contributed by atoms with Crippen LogP contribution in [-0.4, -0.2) is 17.7 Å². The number of carbonyl (C=O) groups excluding carboxylic acids is 1. The van der Waals surface area contributed by atoms with Gasteiger partial charge in [-0.3, -0.25) is 0 Å². The summed E-state index contributed by atoms with van der Waals surface area (Å²) in [6, 6.07) is 0. The van der Waals surface area contributed by atoms with Crippen molar-refractivity contribution in [2.45, 2.75) is 19.7 Å². The maximum Gasteiger partial charge on any atom is 0.360 e. The molecule has 1 aromatic heterocycles. The number of aromatic nitrogens is 1. The molecule has 1 aromatic rings. The summed E-state index contributed by atoms with van der Waals surface area (Å²) in [4.78, 5) is 11.2. The summed E-state index contributed by atoms with van der Waals surface area (Å²) in [6.45, 7) is 3.74. The largest absolute Gasteiger partial charge is 0.461 e. The minimum Gasteiger partial charge on any atom is -0.461 e. The van der Waals surface area contributed by atoms with Crippen molar-refractivity contribution in [3.05, 3.63) is 17.0 Å². The summed E-state index contributed by atoms with van der Waals surface area (Å²) in [7, 11) is 0. The Hall–Kier alpha value is -1.03. The molecular formula is C8H10ClNO3. The zero-order valence-electron chi connectivity index (χ0n) is 7.46. The van der Waals surface area contributed by atoms with Crippen LogP contribution in [0.3, 0.4) is 0 Å². The van der Waals surface area contributed by atoms with Crippen LogP contribution >= 0.6 is 11.6 Å². The first-order chi connectivity index (χ1) is 6.20. The molecule has 1 heterocycles. The van der Waals surface area contributed by atoms with Crippen molar-refractivity contribution in [1.82, 2.24) is 5.16 Å². The molecule has 13 heavy (non-hydrogen) atoms. The Morgan fingerprint density at radius 3 is 2.92 bits per heavy atom. The zero-order chi connectivity index (χ0) is 9.84. The number of hydrogen-bond donors (Lipinski definition) is 0. The molecule has 0 amide bonds. The summed E-state index contributed by atoms with van der Waals surface area (Å²) in [6.07, 6.45) is 0. The van der Waals surface area contributed by atoms with Crippen LogP contribution in [0.15, 0.2) is 4.52 Å². The van der Waals surface area contributed by atoms with Crippen molar-refractivity contribution in [2.75, 3.05) is 6.61 Å². The highest BCUT2D eigenvalue weighted by atomic mass is 35.5. The number of esters is 1. The highest BCUT2D eigenvalue weighted by Crippen LogP contribution is 2.16. The quantitative estimate of drug-likeness (QED) is 0.556.